The van der Waals surface area contributed by atoms with Crippen molar-refractivity contribution in [3.05, 3.63) is 59.7 Å². The molecule has 7 heteroatoms. The zero-order valence-corrected chi connectivity index (χ0v) is 20.9. The summed E-state index contributed by atoms with van der Waals surface area (Å²) in [6.07, 6.45) is 2.35. The molecule has 2 aromatic carbocycles. The molecule has 3 rings (SSSR count). The number of rotatable bonds is 8. The number of guanidine groups is 1. The van der Waals surface area contributed by atoms with Crippen LogP contribution < -0.4 is 20.1 Å². The summed E-state index contributed by atoms with van der Waals surface area (Å²) in [5.74, 6) is 2.75. The number of hydrogen-bond acceptors (Lipinski definition) is 4. The van der Waals surface area contributed by atoms with E-state index in [0.717, 1.165) is 55.6 Å². The summed E-state index contributed by atoms with van der Waals surface area (Å²) in [7, 11) is 3.32. The number of methoxy groups -OCH3 is 2. The normalized spacial score (nSPS) is 18.6. The van der Waals surface area contributed by atoms with Crippen LogP contribution in [-0.4, -0.2) is 39.9 Å². The Kier molecular flexibility index (Phi) is 10.9. The lowest BCUT2D eigenvalue weighted by Crippen LogP contribution is -2.42. The molecular weight excluding hydrogens is 505 g/mol. The second-order valence-corrected chi connectivity index (χ2v) is 7.36. The van der Waals surface area contributed by atoms with Gasteiger partial charge >= 0.3 is 0 Å². The van der Waals surface area contributed by atoms with E-state index in [4.69, 9.17) is 19.2 Å². The van der Waals surface area contributed by atoms with Gasteiger partial charge in [-0.3, -0.25) is 0 Å². The zero-order valence-electron chi connectivity index (χ0n) is 18.6. The minimum Gasteiger partial charge on any atom is -0.497 e. The SMILES string of the molecule is CCNC(=NCc1ccc(OC)cc1OC)NCC1CCCOC1c1ccccc1.I. The first-order valence-electron chi connectivity index (χ1n) is 10.6. The molecular formula is C24H34IN3O3. The summed E-state index contributed by atoms with van der Waals surface area (Å²) in [6.45, 7) is 5.02. The highest BCUT2D eigenvalue weighted by Crippen LogP contribution is 2.33. The van der Waals surface area contributed by atoms with Crippen molar-refractivity contribution in [2.75, 3.05) is 33.9 Å². The first kappa shape index (κ1) is 25.3. The Morgan fingerprint density at radius 2 is 1.90 bits per heavy atom. The topological polar surface area (TPSA) is 64.1 Å². The lowest BCUT2D eigenvalue weighted by atomic mass is 9.89. The second kappa shape index (κ2) is 13.4. The summed E-state index contributed by atoms with van der Waals surface area (Å²) < 4.78 is 16.9. The number of benzene rings is 2. The average molecular weight is 539 g/mol. The Hall–Kier alpha value is -2.00. The van der Waals surface area contributed by atoms with Crippen LogP contribution in [0, 0.1) is 5.92 Å². The fraction of sp³-hybridized carbons (Fsp3) is 0.458. The zero-order chi connectivity index (χ0) is 21.2. The molecule has 1 saturated heterocycles. The van der Waals surface area contributed by atoms with E-state index in [-0.39, 0.29) is 30.1 Å². The molecule has 2 N–H and O–H groups in total. The molecule has 170 valence electrons. The first-order chi connectivity index (χ1) is 14.7. The van der Waals surface area contributed by atoms with Crippen molar-refractivity contribution in [3.8, 4) is 11.5 Å². The van der Waals surface area contributed by atoms with E-state index in [1.807, 2.05) is 24.3 Å². The van der Waals surface area contributed by atoms with Crippen molar-refractivity contribution in [3.63, 3.8) is 0 Å². The summed E-state index contributed by atoms with van der Waals surface area (Å²) >= 11 is 0. The average Bonchev–Trinajstić information content (AvgIpc) is 2.81. The second-order valence-electron chi connectivity index (χ2n) is 7.36. The van der Waals surface area contributed by atoms with Crippen LogP contribution in [0.15, 0.2) is 53.5 Å². The number of aliphatic imine (C=N–C) groups is 1. The molecule has 31 heavy (non-hydrogen) atoms. The van der Waals surface area contributed by atoms with Gasteiger partial charge in [0.2, 0.25) is 0 Å². The standard InChI is InChI=1S/C24H33N3O3.HI/c1-4-25-24(26-16-19-12-13-21(28-2)15-22(19)29-3)27-17-20-11-8-14-30-23(20)18-9-6-5-7-10-18;/h5-7,9-10,12-13,15,20,23H,4,8,11,14,16-17H2,1-3H3,(H2,25,26,27);1H. The van der Waals surface area contributed by atoms with Gasteiger partial charge in [0.05, 0.1) is 26.9 Å². The number of nitrogens with zero attached hydrogens (tertiary/aromatic N) is 1. The summed E-state index contributed by atoms with van der Waals surface area (Å²) in [6, 6.07) is 16.3. The highest BCUT2D eigenvalue weighted by Gasteiger charge is 2.27. The van der Waals surface area contributed by atoms with E-state index in [9.17, 15) is 0 Å². The summed E-state index contributed by atoms with van der Waals surface area (Å²) in [4.78, 5) is 4.76. The van der Waals surface area contributed by atoms with Crippen molar-refractivity contribution in [1.29, 1.82) is 0 Å². The van der Waals surface area contributed by atoms with Crippen LogP contribution in [0.3, 0.4) is 0 Å². The van der Waals surface area contributed by atoms with Crippen LogP contribution in [0.1, 0.15) is 37.0 Å². The lowest BCUT2D eigenvalue weighted by molar-refractivity contribution is -0.0265. The Morgan fingerprint density at radius 3 is 2.61 bits per heavy atom. The van der Waals surface area contributed by atoms with Crippen molar-refractivity contribution < 1.29 is 14.2 Å². The predicted octanol–water partition coefficient (Wildman–Crippen LogP) is 4.54. The molecule has 6 nitrogen and oxygen atoms in total. The number of halogens is 1. The molecule has 0 aliphatic carbocycles. The third kappa shape index (κ3) is 7.28. The van der Waals surface area contributed by atoms with Crippen molar-refractivity contribution in [2.24, 2.45) is 10.9 Å². The van der Waals surface area contributed by atoms with Gasteiger partial charge in [-0.25, -0.2) is 4.99 Å². The van der Waals surface area contributed by atoms with E-state index < -0.39 is 0 Å². The molecule has 0 bridgehead atoms. The maximum atomic E-state index is 6.12. The van der Waals surface area contributed by atoms with Crippen molar-refractivity contribution >= 4 is 29.9 Å². The van der Waals surface area contributed by atoms with E-state index in [0.29, 0.717) is 12.5 Å². The highest BCUT2D eigenvalue weighted by atomic mass is 127. The molecule has 1 aliphatic rings. The molecule has 2 aromatic rings. The molecule has 0 amide bonds. The summed E-state index contributed by atoms with van der Waals surface area (Å²) in [5, 5.41) is 6.85. The van der Waals surface area contributed by atoms with E-state index in [1.165, 1.54) is 5.56 Å². The van der Waals surface area contributed by atoms with Gasteiger partial charge in [-0.05, 0) is 37.5 Å². The third-order valence-corrected chi connectivity index (χ3v) is 5.35. The molecule has 0 aromatic heterocycles. The molecule has 0 saturated carbocycles. The third-order valence-electron chi connectivity index (χ3n) is 5.35. The smallest absolute Gasteiger partial charge is 0.191 e. The van der Waals surface area contributed by atoms with Gasteiger partial charge < -0.3 is 24.8 Å². The Labute approximate surface area is 202 Å². The number of ether oxygens (including phenoxy) is 3. The van der Waals surface area contributed by atoms with Crippen LogP contribution in [0.2, 0.25) is 0 Å². The van der Waals surface area contributed by atoms with Gasteiger partial charge in [0, 0.05) is 37.2 Å². The molecule has 1 fully saturated rings. The Balaban J connectivity index is 0.00000341. The van der Waals surface area contributed by atoms with Gasteiger partial charge in [0.15, 0.2) is 5.96 Å². The molecule has 2 unspecified atom stereocenters. The van der Waals surface area contributed by atoms with Gasteiger partial charge in [0.25, 0.3) is 0 Å². The van der Waals surface area contributed by atoms with Crippen LogP contribution in [0.4, 0.5) is 0 Å². The Morgan fingerprint density at radius 1 is 1.10 bits per heavy atom. The maximum absolute atomic E-state index is 6.12. The van der Waals surface area contributed by atoms with Gasteiger partial charge in [0.1, 0.15) is 11.5 Å². The van der Waals surface area contributed by atoms with Crippen LogP contribution in [0.25, 0.3) is 0 Å². The van der Waals surface area contributed by atoms with Crippen LogP contribution in [0.5, 0.6) is 11.5 Å². The van der Waals surface area contributed by atoms with Gasteiger partial charge in [-0.1, -0.05) is 30.3 Å². The monoisotopic (exact) mass is 539 g/mol. The largest absolute Gasteiger partial charge is 0.497 e. The number of hydrogen-bond donors (Lipinski definition) is 2. The Bertz CT molecular complexity index is 817. The lowest BCUT2D eigenvalue weighted by Gasteiger charge is -2.32. The number of nitrogens with one attached hydrogen (secondary N) is 2. The molecule has 1 aliphatic heterocycles. The summed E-state index contributed by atoms with van der Waals surface area (Å²) in [5.41, 5.74) is 2.26. The van der Waals surface area contributed by atoms with Crippen molar-refractivity contribution in [1.82, 2.24) is 10.6 Å². The van der Waals surface area contributed by atoms with Crippen LogP contribution in [-0.2, 0) is 11.3 Å². The predicted molar refractivity (Wildman–Crippen MR) is 136 cm³/mol. The van der Waals surface area contributed by atoms with Gasteiger partial charge in [-0.2, -0.15) is 0 Å². The molecule has 0 radical (unpaired) electrons. The van der Waals surface area contributed by atoms with Gasteiger partial charge in [-0.15, -0.1) is 24.0 Å². The van der Waals surface area contributed by atoms with E-state index >= 15 is 0 Å². The van der Waals surface area contributed by atoms with Crippen LogP contribution >= 0.6 is 24.0 Å². The highest BCUT2D eigenvalue weighted by molar-refractivity contribution is 14.0. The van der Waals surface area contributed by atoms with Crippen molar-refractivity contribution in [2.45, 2.75) is 32.4 Å². The maximum Gasteiger partial charge on any atom is 0.191 e. The minimum absolute atomic E-state index is 0. The first-order valence-corrected chi connectivity index (χ1v) is 10.6. The fourth-order valence-corrected chi connectivity index (χ4v) is 3.78. The quantitative estimate of drug-likeness (QED) is 0.293. The van der Waals surface area contributed by atoms with E-state index in [2.05, 4.69) is 41.8 Å². The fourth-order valence-electron chi connectivity index (χ4n) is 3.78. The molecule has 0 spiro atoms. The molecule has 1 heterocycles. The minimum atomic E-state index is 0. The molecule has 2 atom stereocenters. The van der Waals surface area contributed by atoms with E-state index in [1.54, 1.807) is 14.2 Å².